The number of carbonyl (C=O) groups excluding carboxylic acids is 2. The van der Waals surface area contributed by atoms with E-state index in [9.17, 15) is 9.59 Å². The van der Waals surface area contributed by atoms with Gasteiger partial charge in [-0.25, -0.2) is 4.79 Å². The molecule has 2 amide bonds. The highest BCUT2D eigenvalue weighted by atomic mass is 16.2. The monoisotopic (exact) mass is 246 g/mol. The molecule has 96 valence electrons. The molecule has 0 unspecified atom stereocenters. The zero-order valence-electron chi connectivity index (χ0n) is 10.7. The molecule has 0 saturated heterocycles. The van der Waals surface area contributed by atoms with Gasteiger partial charge in [0.15, 0.2) is 5.78 Å². The highest BCUT2D eigenvalue weighted by molar-refractivity contribution is 5.96. The Labute approximate surface area is 107 Å². The van der Waals surface area contributed by atoms with Crippen LogP contribution in [0, 0.1) is 5.41 Å². The molecule has 0 spiro atoms. The summed E-state index contributed by atoms with van der Waals surface area (Å²) in [5, 5.41) is 5.58. The highest BCUT2D eigenvalue weighted by Crippen LogP contribution is 2.43. The molecule has 4 nitrogen and oxygen atoms in total. The molecule has 1 aromatic carbocycles. The molecule has 0 heterocycles. The topological polar surface area (TPSA) is 58.2 Å². The minimum absolute atomic E-state index is 0.00968. The maximum atomic E-state index is 11.7. The number of ketones is 1. The van der Waals surface area contributed by atoms with Gasteiger partial charge in [-0.15, -0.1) is 0 Å². The van der Waals surface area contributed by atoms with Crippen LogP contribution in [0.15, 0.2) is 24.3 Å². The van der Waals surface area contributed by atoms with Crippen LogP contribution in [-0.4, -0.2) is 18.4 Å². The molecule has 4 heteroatoms. The molecule has 1 aliphatic carbocycles. The number of Topliss-reactive ketones (excluding diaryl/α,β-unsaturated/α-hetero) is 1. The van der Waals surface area contributed by atoms with E-state index in [2.05, 4.69) is 17.6 Å². The van der Waals surface area contributed by atoms with Gasteiger partial charge in [0, 0.05) is 17.8 Å². The first-order valence-corrected chi connectivity index (χ1v) is 6.14. The zero-order chi connectivity index (χ0) is 13.2. The third kappa shape index (κ3) is 3.32. The molecule has 18 heavy (non-hydrogen) atoms. The van der Waals surface area contributed by atoms with E-state index in [1.54, 1.807) is 24.3 Å². The first-order chi connectivity index (χ1) is 8.48. The predicted octanol–water partition coefficient (Wildman–Crippen LogP) is 2.81. The van der Waals surface area contributed by atoms with Crippen LogP contribution in [0.5, 0.6) is 0 Å². The molecule has 2 rings (SSSR count). The van der Waals surface area contributed by atoms with E-state index in [4.69, 9.17) is 0 Å². The van der Waals surface area contributed by atoms with Crippen molar-refractivity contribution in [3.05, 3.63) is 29.8 Å². The number of carbonyl (C=O) groups is 2. The summed E-state index contributed by atoms with van der Waals surface area (Å²) in [6.45, 7) is 4.36. The first kappa shape index (κ1) is 12.6. The summed E-state index contributed by atoms with van der Waals surface area (Å²) in [5.74, 6) is -0.00968. The highest BCUT2D eigenvalue weighted by Gasteiger charge is 2.37. The van der Waals surface area contributed by atoms with Gasteiger partial charge in [0.25, 0.3) is 0 Å². The number of hydrogen-bond acceptors (Lipinski definition) is 2. The van der Waals surface area contributed by atoms with Gasteiger partial charge in [0.05, 0.1) is 0 Å². The number of urea groups is 1. The Morgan fingerprint density at radius 1 is 1.33 bits per heavy atom. The smallest absolute Gasteiger partial charge is 0.319 e. The van der Waals surface area contributed by atoms with Gasteiger partial charge < -0.3 is 10.6 Å². The summed E-state index contributed by atoms with van der Waals surface area (Å²) in [6, 6.07) is 6.72. The SMILES string of the molecule is CC(=O)c1cccc(NC(=O)NCC2(C)CC2)c1. The molecule has 1 aromatic rings. The van der Waals surface area contributed by atoms with E-state index in [0.29, 0.717) is 23.2 Å². The Hall–Kier alpha value is -1.84. The fourth-order valence-electron chi connectivity index (χ4n) is 1.68. The molecule has 0 aromatic heterocycles. The third-order valence-corrected chi connectivity index (χ3v) is 3.31. The maximum absolute atomic E-state index is 11.7. The van der Waals surface area contributed by atoms with Crippen molar-refractivity contribution in [1.29, 1.82) is 0 Å². The molecular weight excluding hydrogens is 228 g/mol. The number of amides is 2. The van der Waals surface area contributed by atoms with Crippen LogP contribution >= 0.6 is 0 Å². The Morgan fingerprint density at radius 2 is 2.06 bits per heavy atom. The minimum Gasteiger partial charge on any atom is -0.337 e. The predicted molar refractivity (Wildman–Crippen MR) is 70.8 cm³/mol. The van der Waals surface area contributed by atoms with Crippen molar-refractivity contribution in [3.63, 3.8) is 0 Å². The molecule has 0 aliphatic heterocycles. The lowest BCUT2D eigenvalue weighted by atomic mass is 10.1. The Kier molecular flexibility index (Phi) is 3.36. The summed E-state index contributed by atoms with van der Waals surface area (Å²) in [6.07, 6.45) is 2.35. The standard InChI is InChI=1S/C14H18N2O2/c1-10(17)11-4-3-5-12(8-11)16-13(18)15-9-14(2)6-7-14/h3-5,8H,6-7,9H2,1-2H3,(H2,15,16,18). The van der Waals surface area contributed by atoms with Crippen LogP contribution in [0.25, 0.3) is 0 Å². The van der Waals surface area contributed by atoms with Crippen molar-refractivity contribution < 1.29 is 9.59 Å². The summed E-state index contributed by atoms with van der Waals surface area (Å²) in [7, 11) is 0. The molecule has 1 fully saturated rings. The zero-order valence-corrected chi connectivity index (χ0v) is 10.7. The van der Waals surface area contributed by atoms with Gasteiger partial charge in [-0.2, -0.15) is 0 Å². The number of anilines is 1. The van der Waals surface area contributed by atoms with E-state index >= 15 is 0 Å². The number of nitrogens with one attached hydrogen (secondary N) is 2. The van der Waals surface area contributed by atoms with Gasteiger partial charge in [-0.1, -0.05) is 19.1 Å². The molecule has 2 N–H and O–H groups in total. The summed E-state index contributed by atoms with van der Waals surface area (Å²) < 4.78 is 0. The average molecular weight is 246 g/mol. The maximum Gasteiger partial charge on any atom is 0.319 e. The fraction of sp³-hybridized carbons (Fsp3) is 0.429. The van der Waals surface area contributed by atoms with Crippen molar-refractivity contribution in [2.45, 2.75) is 26.7 Å². The van der Waals surface area contributed by atoms with E-state index in [-0.39, 0.29) is 11.8 Å². The van der Waals surface area contributed by atoms with E-state index < -0.39 is 0 Å². The van der Waals surface area contributed by atoms with Crippen molar-refractivity contribution in [2.24, 2.45) is 5.41 Å². The first-order valence-electron chi connectivity index (χ1n) is 6.14. The van der Waals surface area contributed by atoms with Gasteiger partial charge in [-0.3, -0.25) is 4.79 Å². The van der Waals surface area contributed by atoms with Crippen LogP contribution in [-0.2, 0) is 0 Å². The lowest BCUT2D eigenvalue weighted by Crippen LogP contribution is -2.32. The normalized spacial score (nSPS) is 15.9. The Morgan fingerprint density at radius 3 is 2.67 bits per heavy atom. The molecule has 1 aliphatic rings. The third-order valence-electron chi connectivity index (χ3n) is 3.31. The second-order valence-corrected chi connectivity index (χ2v) is 5.26. The Bertz CT molecular complexity index is 478. The molecular formula is C14H18N2O2. The molecule has 0 atom stereocenters. The summed E-state index contributed by atoms with van der Waals surface area (Å²) in [5.41, 5.74) is 1.53. The van der Waals surface area contributed by atoms with Crippen molar-refractivity contribution in [3.8, 4) is 0 Å². The number of hydrogen-bond donors (Lipinski definition) is 2. The minimum atomic E-state index is -0.219. The van der Waals surface area contributed by atoms with E-state index in [0.717, 1.165) is 0 Å². The number of rotatable bonds is 4. The van der Waals surface area contributed by atoms with E-state index in [1.165, 1.54) is 19.8 Å². The van der Waals surface area contributed by atoms with Crippen LogP contribution in [0.3, 0.4) is 0 Å². The molecule has 0 radical (unpaired) electrons. The largest absolute Gasteiger partial charge is 0.337 e. The number of benzene rings is 1. The molecule has 1 saturated carbocycles. The van der Waals surface area contributed by atoms with Crippen LogP contribution in [0.2, 0.25) is 0 Å². The van der Waals surface area contributed by atoms with Gasteiger partial charge in [0.2, 0.25) is 0 Å². The Balaban J connectivity index is 1.90. The van der Waals surface area contributed by atoms with Crippen molar-refractivity contribution >= 4 is 17.5 Å². The lowest BCUT2D eigenvalue weighted by molar-refractivity contribution is 0.101. The van der Waals surface area contributed by atoms with Crippen molar-refractivity contribution in [1.82, 2.24) is 5.32 Å². The van der Waals surface area contributed by atoms with Crippen molar-refractivity contribution in [2.75, 3.05) is 11.9 Å². The summed E-state index contributed by atoms with van der Waals surface area (Å²) in [4.78, 5) is 22.9. The quantitative estimate of drug-likeness (QED) is 0.802. The fourth-order valence-corrected chi connectivity index (χ4v) is 1.68. The van der Waals surface area contributed by atoms with Gasteiger partial charge in [0.1, 0.15) is 0 Å². The second kappa shape index (κ2) is 4.80. The van der Waals surface area contributed by atoms with Crippen LogP contribution in [0.1, 0.15) is 37.0 Å². The second-order valence-electron chi connectivity index (χ2n) is 5.26. The average Bonchev–Trinajstić information content (AvgIpc) is 3.06. The van der Waals surface area contributed by atoms with Gasteiger partial charge >= 0.3 is 6.03 Å². The van der Waals surface area contributed by atoms with E-state index in [1.807, 2.05) is 0 Å². The van der Waals surface area contributed by atoms with Crippen LogP contribution < -0.4 is 10.6 Å². The lowest BCUT2D eigenvalue weighted by Gasteiger charge is -2.11. The van der Waals surface area contributed by atoms with Gasteiger partial charge in [-0.05, 0) is 37.3 Å². The summed E-state index contributed by atoms with van der Waals surface area (Å²) >= 11 is 0. The molecule has 0 bridgehead atoms. The van der Waals surface area contributed by atoms with Crippen LogP contribution in [0.4, 0.5) is 10.5 Å².